The lowest BCUT2D eigenvalue weighted by Gasteiger charge is -1.98. The van der Waals surface area contributed by atoms with Crippen LogP contribution in [0.4, 0.5) is 0 Å². The molecule has 0 amide bonds. The van der Waals surface area contributed by atoms with Gasteiger partial charge in [-0.15, -0.1) is 0 Å². The minimum atomic E-state index is 0.282. The molecule has 0 aliphatic carbocycles. The molecule has 2 unspecified atom stereocenters. The monoisotopic (exact) mass is 273 g/mol. The van der Waals surface area contributed by atoms with Gasteiger partial charge in [0, 0.05) is 10.1 Å². The maximum Gasteiger partial charge on any atom is 0.0654 e. The molecule has 1 rings (SSSR count). The SMILES string of the molecule is CC1/C=C\C=C/C(I)/C=C\C=N1. The van der Waals surface area contributed by atoms with Crippen molar-refractivity contribution in [1.29, 1.82) is 0 Å². The van der Waals surface area contributed by atoms with Crippen molar-refractivity contribution >= 4 is 28.8 Å². The van der Waals surface area contributed by atoms with E-state index in [9.17, 15) is 0 Å². The Morgan fingerprint density at radius 2 is 1.75 bits per heavy atom. The number of alkyl halides is 1. The van der Waals surface area contributed by atoms with Crippen molar-refractivity contribution in [1.82, 2.24) is 0 Å². The Bertz CT molecular complexity index is 188. The van der Waals surface area contributed by atoms with Crippen LogP contribution in [-0.2, 0) is 0 Å². The standard InChI is InChI=1S/C10H12IN/c1-9-5-2-3-6-10(11)7-4-8-12-9/h2-10H,1H3/b5-2-,6-3-,7-4-,12-8?. The molecule has 1 nitrogen and oxygen atoms in total. The summed E-state index contributed by atoms with van der Waals surface area (Å²) in [5.74, 6) is 0. The lowest BCUT2D eigenvalue weighted by atomic mass is 10.2. The molecule has 0 aromatic heterocycles. The number of rotatable bonds is 0. The second-order valence-electron chi connectivity index (χ2n) is 2.64. The molecule has 2 heteroatoms. The number of hydrogen-bond donors (Lipinski definition) is 0. The summed E-state index contributed by atoms with van der Waals surface area (Å²) >= 11 is 2.36. The number of nitrogens with zero attached hydrogens (tertiary/aromatic N) is 1. The Labute approximate surface area is 87.1 Å². The molecule has 1 aliphatic rings. The molecule has 0 aromatic carbocycles. The van der Waals surface area contributed by atoms with E-state index in [1.165, 1.54) is 0 Å². The Balaban J connectivity index is 2.70. The normalized spacial score (nSPS) is 37.2. The number of halogens is 1. The van der Waals surface area contributed by atoms with E-state index in [0.29, 0.717) is 3.92 Å². The molecule has 12 heavy (non-hydrogen) atoms. The predicted molar refractivity (Wildman–Crippen MR) is 63.2 cm³/mol. The van der Waals surface area contributed by atoms with Gasteiger partial charge in [0.2, 0.25) is 0 Å². The highest BCUT2D eigenvalue weighted by Crippen LogP contribution is 2.05. The largest absolute Gasteiger partial charge is 0.286 e. The van der Waals surface area contributed by atoms with Gasteiger partial charge in [0.15, 0.2) is 0 Å². The van der Waals surface area contributed by atoms with Gasteiger partial charge in [0.25, 0.3) is 0 Å². The van der Waals surface area contributed by atoms with E-state index in [1.807, 2.05) is 18.4 Å². The first-order chi connectivity index (χ1) is 5.79. The topological polar surface area (TPSA) is 12.4 Å². The molecule has 0 saturated heterocycles. The summed E-state index contributed by atoms with van der Waals surface area (Å²) < 4.78 is 0.465. The Kier molecular flexibility index (Phi) is 4.29. The average molecular weight is 273 g/mol. The molecule has 64 valence electrons. The van der Waals surface area contributed by atoms with Crippen molar-refractivity contribution in [3.05, 3.63) is 36.5 Å². The molecule has 1 heterocycles. The second-order valence-corrected chi connectivity index (χ2v) is 4.08. The molecule has 2 atom stereocenters. The summed E-state index contributed by atoms with van der Waals surface area (Å²) in [6.07, 6.45) is 14.3. The molecular formula is C10H12IN. The third-order valence-electron chi connectivity index (χ3n) is 1.50. The molecule has 0 saturated carbocycles. The van der Waals surface area contributed by atoms with Crippen molar-refractivity contribution in [3.8, 4) is 0 Å². The highest BCUT2D eigenvalue weighted by Gasteiger charge is 1.91. The maximum atomic E-state index is 4.28. The third kappa shape index (κ3) is 3.85. The molecule has 0 radical (unpaired) electrons. The minimum absolute atomic E-state index is 0.282. The van der Waals surface area contributed by atoms with Gasteiger partial charge in [0.1, 0.15) is 0 Å². The van der Waals surface area contributed by atoms with Crippen molar-refractivity contribution in [2.75, 3.05) is 0 Å². The van der Waals surface area contributed by atoms with Crippen LogP contribution in [0.1, 0.15) is 6.92 Å². The zero-order chi connectivity index (χ0) is 8.81. The average Bonchev–Trinajstić information content (AvgIpc) is 2.06. The lowest BCUT2D eigenvalue weighted by molar-refractivity contribution is 0.933. The Hall–Kier alpha value is -0.380. The quantitative estimate of drug-likeness (QED) is 0.475. The summed E-state index contributed by atoms with van der Waals surface area (Å²) in [5.41, 5.74) is 0. The van der Waals surface area contributed by atoms with Crippen LogP contribution >= 0.6 is 22.6 Å². The first-order valence-electron chi connectivity index (χ1n) is 3.98. The molecular weight excluding hydrogens is 261 g/mol. The van der Waals surface area contributed by atoms with Crippen LogP contribution in [0.15, 0.2) is 41.4 Å². The van der Waals surface area contributed by atoms with E-state index in [2.05, 4.69) is 58.8 Å². The maximum absolute atomic E-state index is 4.28. The van der Waals surface area contributed by atoms with Crippen molar-refractivity contribution in [3.63, 3.8) is 0 Å². The summed E-state index contributed by atoms with van der Waals surface area (Å²) in [7, 11) is 0. The highest BCUT2D eigenvalue weighted by atomic mass is 127. The number of aliphatic imine (C=N–C) groups is 1. The Morgan fingerprint density at radius 1 is 1.08 bits per heavy atom. The summed E-state index contributed by atoms with van der Waals surface area (Å²) in [4.78, 5) is 4.28. The van der Waals surface area contributed by atoms with E-state index in [-0.39, 0.29) is 6.04 Å². The smallest absolute Gasteiger partial charge is 0.0654 e. The van der Waals surface area contributed by atoms with Gasteiger partial charge in [-0.05, 0) is 13.0 Å². The fourth-order valence-corrected chi connectivity index (χ4v) is 1.33. The fourth-order valence-electron chi connectivity index (χ4n) is 0.850. The van der Waals surface area contributed by atoms with Gasteiger partial charge in [-0.25, -0.2) is 0 Å². The number of hydrogen-bond acceptors (Lipinski definition) is 1. The fraction of sp³-hybridized carbons (Fsp3) is 0.300. The van der Waals surface area contributed by atoms with Crippen LogP contribution < -0.4 is 0 Å². The zero-order valence-corrected chi connectivity index (χ0v) is 9.18. The molecule has 0 bridgehead atoms. The third-order valence-corrected chi connectivity index (χ3v) is 2.33. The van der Waals surface area contributed by atoms with Crippen molar-refractivity contribution < 1.29 is 0 Å². The van der Waals surface area contributed by atoms with Gasteiger partial charge in [-0.2, -0.15) is 0 Å². The van der Waals surface area contributed by atoms with Gasteiger partial charge < -0.3 is 0 Å². The predicted octanol–water partition coefficient (Wildman–Crippen LogP) is 2.93. The molecule has 0 spiro atoms. The second kappa shape index (κ2) is 5.30. The van der Waals surface area contributed by atoms with E-state index < -0.39 is 0 Å². The first kappa shape index (κ1) is 9.71. The molecule has 1 aliphatic heterocycles. The minimum Gasteiger partial charge on any atom is -0.286 e. The van der Waals surface area contributed by atoms with E-state index in [0.717, 1.165) is 0 Å². The van der Waals surface area contributed by atoms with Gasteiger partial charge in [-0.1, -0.05) is 53.0 Å². The zero-order valence-electron chi connectivity index (χ0n) is 7.02. The Morgan fingerprint density at radius 3 is 2.58 bits per heavy atom. The summed E-state index contributed by atoms with van der Waals surface area (Å²) in [6.45, 7) is 2.07. The summed E-state index contributed by atoms with van der Waals surface area (Å²) in [6, 6.07) is 0.282. The van der Waals surface area contributed by atoms with Gasteiger partial charge in [-0.3, -0.25) is 4.99 Å². The number of allylic oxidation sites excluding steroid dienone is 5. The van der Waals surface area contributed by atoms with Crippen LogP contribution in [-0.4, -0.2) is 16.2 Å². The van der Waals surface area contributed by atoms with Crippen LogP contribution in [0.3, 0.4) is 0 Å². The highest BCUT2D eigenvalue weighted by molar-refractivity contribution is 14.1. The van der Waals surface area contributed by atoms with Crippen LogP contribution in [0.25, 0.3) is 0 Å². The summed E-state index contributed by atoms with van der Waals surface area (Å²) in [5, 5.41) is 0. The lowest BCUT2D eigenvalue weighted by Crippen LogP contribution is -1.93. The van der Waals surface area contributed by atoms with Crippen molar-refractivity contribution in [2.24, 2.45) is 4.99 Å². The van der Waals surface area contributed by atoms with Gasteiger partial charge >= 0.3 is 0 Å². The van der Waals surface area contributed by atoms with Crippen LogP contribution in [0, 0.1) is 0 Å². The molecule has 0 fully saturated rings. The van der Waals surface area contributed by atoms with Crippen LogP contribution in [0.2, 0.25) is 0 Å². The van der Waals surface area contributed by atoms with E-state index >= 15 is 0 Å². The first-order valence-corrected chi connectivity index (χ1v) is 5.22. The van der Waals surface area contributed by atoms with Crippen LogP contribution in [0.5, 0.6) is 0 Å². The molecule has 0 aromatic rings. The van der Waals surface area contributed by atoms with Crippen molar-refractivity contribution in [2.45, 2.75) is 16.9 Å². The van der Waals surface area contributed by atoms with E-state index in [4.69, 9.17) is 0 Å². The van der Waals surface area contributed by atoms with E-state index in [1.54, 1.807) is 0 Å². The van der Waals surface area contributed by atoms with Gasteiger partial charge in [0.05, 0.1) is 6.04 Å². The molecule has 0 N–H and O–H groups in total.